The average Bonchev–Trinajstić information content (AvgIpc) is 2.90. The fourth-order valence-corrected chi connectivity index (χ4v) is 2.52. The molecule has 3 heteroatoms. The molecule has 0 saturated carbocycles. The van der Waals surface area contributed by atoms with Crippen LogP contribution in [0.5, 0.6) is 0 Å². The second-order valence-electron chi connectivity index (χ2n) is 5.27. The zero-order valence-corrected chi connectivity index (χ0v) is 11.5. The molecule has 0 radical (unpaired) electrons. The lowest BCUT2D eigenvalue weighted by atomic mass is 9.90. The van der Waals surface area contributed by atoms with Crippen molar-refractivity contribution >= 4 is 16.8 Å². The number of fused-ring (bicyclic) bond motifs is 1. The summed E-state index contributed by atoms with van der Waals surface area (Å²) in [6, 6.07) is 9.80. The van der Waals surface area contributed by atoms with Gasteiger partial charge in [-0.2, -0.15) is 0 Å². The average molecular weight is 266 g/mol. The summed E-state index contributed by atoms with van der Waals surface area (Å²) >= 11 is 0. The molecule has 20 heavy (non-hydrogen) atoms. The molecule has 0 saturated heterocycles. The number of nitrogens with one attached hydrogen (secondary N) is 2. The van der Waals surface area contributed by atoms with Crippen molar-refractivity contribution in [1.82, 2.24) is 10.3 Å². The van der Waals surface area contributed by atoms with Crippen molar-refractivity contribution in [1.29, 1.82) is 0 Å². The lowest BCUT2D eigenvalue weighted by molar-refractivity contribution is 0.0943. The Balaban J connectivity index is 1.67. The Morgan fingerprint density at radius 1 is 1.25 bits per heavy atom. The number of amides is 1. The molecular weight excluding hydrogens is 248 g/mol. The van der Waals surface area contributed by atoms with Gasteiger partial charge in [-0.3, -0.25) is 4.79 Å². The van der Waals surface area contributed by atoms with E-state index in [1.165, 1.54) is 0 Å². The van der Waals surface area contributed by atoms with E-state index < -0.39 is 0 Å². The Morgan fingerprint density at radius 2 is 2.05 bits per heavy atom. The summed E-state index contributed by atoms with van der Waals surface area (Å²) in [4.78, 5) is 15.3. The highest BCUT2D eigenvalue weighted by Crippen LogP contribution is 2.18. The number of aromatic amines is 1. The fourth-order valence-electron chi connectivity index (χ4n) is 2.52. The second kappa shape index (κ2) is 5.37. The van der Waals surface area contributed by atoms with Crippen LogP contribution >= 0.6 is 0 Å². The van der Waals surface area contributed by atoms with E-state index in [0.29, 0.717) is 24.1 Å². The van der Waals surface area contributed by atoms with Crippen LogP contribution in [0, 0.1) is 11.8 Å². The van der Waals surface area contributed by atoms with Crippen LogP contribution in [0.4, 0.5) is 0 Å². The summed E-state index contributed by atoms with van der Waals surface area (Å²) in [7, 11) is 0. The van der Waals surface area contributed by atoms with E-state index in [2.05, 4.69) is 35.5 Å². The van der Waals surface area contributed by atoms with Crippen LogP contribution in [-0.2, 0) is 0 Å². The molecule has 2 N–H and O–H groups in total. The third-order valence-corrected chi connectivity index (χ3v) is 3.83. The van der Waals surface area contributed by atoms with Crippen LogP contribution in [0.2, 0.25) is 0 Å². The van der Waals surface area contributed by atoms with E-state index in [1.54, 1.807) is 0 Å². The molecule has 2 unspecified atom stereocenters. The van der Waals surface area contributed by atoms with Gasteiger partial charge in [-0.1, -0.05) is 49.4 Å². The molecule has 0 bridgehead atoms. The first-order chi connectivity index (χ1) is 9.74. The Morgan fingerprint density at radius 3 is 2.85 bits per heavy atom. The van der Waals surface area contributed by atoms with E-state index in [1.807, 2.05) is 36.4 Å². The minimum atomic E-state index is -0.0450. The van der Waals surface area contributed by atoms with Gasteiger partial charge in [-0.15, -0.1) is 0 Å². The molecule has 3 rings (SSSR count). The number of H-pyrrole nitrogens is 1. The standard InChI is InChI=1S/C17H18N2O/c1-12-6-2-3-8-14(12)11-18-17(20)16-10-13-7-4-5-9-15(13)19-16/h2-10,12,14,19H,11H2,1H3,(H,18,20). The lowest BCUT2D eigenvalue weighted by Gasteiger charge is -2.20. The summed E-state index contributed by atoms with van der Waals surface area (Å²) in [5, 5.41) is 4.07. The number of carbonyl (C=O) groups is 1. The van der Waals surface area contributed by atoms with Crippen molar-refractivity contribution in [2.24, 2.45) is 11.8 Å². The third-order valence-electron chi connectivity index (χ3n) is 3.83. The third kappa shape index (κ3) is 2.52. The van der Waals surface area contributed by atoms with Crippen molar-refractivity contribution < 1.29 is 4.79 Å². The van der Waals surface area contributed by atoms with Gasteiger partial charge in [0.1, 0.15) is 5.69 Å². The predicted molar refractivity (Wildman–Crippen MR) is 81.6 cm³/mol. The molecule has 2 aromatic rings. The van der Waals surface area contributed by atoms with Crippen molar-refractivity contribution in [3.63, 3.8) is 0 Å². The highest BCUT2D eigenvalue weighted by molar-refractivity contribution is 5.97. The molecule has 0 spiro atoms. The zero-order valence-electron chi connectivity index (χ0n) is 11.5. The van der Waals surface area contributed by atoms with Crippen LogP contribution < -0.4 is 5.32 Å². The van der Waals surface area contributed by atoms with E-state index in [-0.39, 0.29) is 5.91 Å². The molecule has 0 aliphatic heterocycles. The SMILES string of the molecule is CC1C=CC=CC1CNC(=O)c1cc2ccccc2[nH]1. The van der Waals surface area contributed by atoms with E-state index in [4.69, 9.17) is 0 Å². The second-order valence-corrected chi connectivity index (χ2v) is 5.27. The predicted octanol–water partition coefficient (Wildman–Crippen LogP) is 3.28. The Hall–Kier alpha value is -2.29. The first-order valence-electron chi connectivity index (χ1n) is 6.95. The Kier molecular flexibility index (Phi) is 3.42. The lowest BCUT2D eigenvalue weighted by Crippen LogP contribution is -2.31. The van der Waals surface area contributed by atoms with Crippen molar-refractivity contribution in [3.05, 3.63) is 60.3 Å². The fraction of sp³-hybridized carbons (Fsp3) is 0.235. The number of rotatable bonds is 3. The Labute approximate surface area is 118 Å². The van der Waals surface area contributed by atoms with E-state index >= 15 is 0 Å². The molecule has 2 atom stereocenters. The van der Waals surface area contributed by atoms with Gasteiger partial charge in [-0.25, -0.2) is 0 Å². The largest absolute Gasteiger partial charge is 0.351 e. The number of carbonyl (C=O) groups excluding carboxylic acids is 1. The quantitative estimate of drug-likeness (QED) is 0.880. The Bertz CT molecular complexity index is 648. The van der Waals surface area contributed by atoms with Crippen LogP contribution in [0.3, 0.4) is 0 Å². The van der Waals surface area contributed by atoms with Gasteiger partial charge in [-0.05, 0) is 18.1 Å². The van der Waals surface area contributed by atoms with Crippen molar-refractivity contribution in [3.8, 4) is 0 Å². The van der Waals surface area contributed by atoms with Crippen LogP contribution in [0.1, 0.15) is 17.4 Å². The van der Waals surface area contributed by atoms with Crippen molar-refractivity contribution in [2.75, 3.05) is 6.54 Å². The van der Waals surface area contributed by atoms with Gasteiger partial charge in [0.15, 0.2) is 0 Å². The van der Waals surface area contributed by atoms with Crippen molar-refractivity contribution in [2.45, 2.75) is 6.92 Å². The summed E-state index contributed by atoms with van der Waals surface area (Å²) in [6.45, 7) is 2.83. The first kappa shape index (κ1) is 12.7. The van der Waals surface area contributed by atoms with Crippen LogP contribution in [-0.4, -0.2) is 17.4 Å². The number of benzene rings is 1. The minimum Gasteiger partial charge on any atom is -0.351 e. The molecular formula is C17H18N2O. The highest BCUT2D eigenvalue weighted by atomic mass is 16.1. The van der Waals surface area contributed by atoms with E-state index in [9.17, 15) is 4.79 Å². The molecule has 102 valence electrons. The minimum absolute atomic E-state index is 0.0450. The van der Waals surface area contributed by atoms with Gasteiger partial charge < -0.3 is 10.3 Å². The first-order valence-corrected chi connectivity index (χ1v) is 6.95. The summed E-state index contributed by atoms with van der Waals surface area (Å²) in [5.74, 6) is 0.785. The zero-order chi connectivity index (χ0) is 13.9. The van der Waals surface area contributed by atoms with Gasteiger partial charge >= 0.3 is 0 Å². The molecule has 1 aliphatic carbocycles. The maximum atomic E-state index is 12.2. The molecule has 1 amide bonds. The van der Waals surface area contributed by atoms with Crippen LogP contribution in [0.15, 0.2) is 54.6 Å². The molecule has 3 nitrogen and oxygen atoms in total. The summed E-state index contributed by atoms with van der Waals surface area (Å²) in [5.41, 5.74) is 1.61. The van der Waals surface area contributed by atoms with Gasteiger partial charge in [0.25, 0.3) is 5.91 Å². The summed E-state index contributed by atoms with van der Waals surface area (Å²) < 4.78 is 0. The topological polar surface area (TPSA) is 44.9 Å². The van der Waals surface area contributed by atoms with Gasteiger partial charge in [0.2, 0.25) is 0 Å². The van der Waals surface area contributed by atoms with Gasteiger partial charge in [0.05, 0.1) is 0 Å². The maximum absolute atomic E-state index is 12.2. The smallest absolute Gasteiger partial charge is 0.267 e. The number of aromatic nitrogens is 1. The maximum Gasteiger partial charge on any atom is 0.267 e. The highest BCUT2D eigenvalue weighted by Gasteiger charge is 2.16. The number of hydrogen-bond acceptors (Lipinski definition) is 1. The molecule has 1 aromatic carbocycles. The molecule has 1 aliphatic rings. The van der Waals surface area contributed by atoms with Gasteiger partial charge in [0, 0.05) is 23.4 Å². The number of para-hydroxylation sites is 1. The molecule has 1 aromatic heterocycles. The number of allylic oxidation sites excluding steroid dienone is 3. The van der Waals surface area contributed by atoms with Crippen LogP contribution in [0.25, 0.3) is 10.9 Å². The number of hydrogen-bond donors (Lipinski definition) is 2. The monoisotopic (exact) mass is 266 g/mol. The molecule has 1 heterocycles. The molecule has 0 fully saturated rings. The normalized spacial score (nSPS) is 21.2. The van der Waals surface area contributed by atoms with E-state index in [0.717, 1.165) is 10.9 Å². The summed E-state index contributed by atoms with van der Waals surface area (Å²) in [6.07, 6.45) is 8.41.